The highest BCUT2D eigenvalue weighted by Gasteiger charge is 2.63. The smallest absolute Gasteiger partial charge is 0.336 e. The molecule has 2 aliphatic carbocycles. The predicted octanol–water partition coefficient (Wildman–Crippen LogP) is 0.870. The second kappa shape index (κ2) is 3.84. The molecule has 0 bridgehead atoms. The molecular formula is C15H22O5. The van der Waals surface area contributed by atoms with Crippen LogP contribution >= 0.6 is 0 Å². The van der Waals surface area contributed by atoms with E-state index < -0.39 is 28.9 Å². The van der Waals surface area contributed by atoms with Gasteiger partial charge in [0.1, 0.15) is 0 Å². The lowest BCUT2D eigenvalue weighted by molar-refractivity contribution is -0.239. The summed E-state index contributed by atoms with van der Waals surface area (Å²) in [5.74, 6) is -2.31. The molecule has 0 saturated heterocycles. The Labute approximate surface area is 118 Å². The van der Waals surface area contributed by atoms with Crippen molar-refractivity contribution < 1.29 is 24.9 Å². The lowest BCUT2D eigenvalue weighted by atomic mass is 9.52. The molecule has 2 fully saturated rings. The van der Waals surface area contributed by atoms with Crippen molar-refractivity contribution in [2.45, 2.75) is 63.9 Å². The van der Waals surface area contributed by atoms with Gasteiger partial charge in [-0.1, -0.05) is 6.92 Å². The molecule has 0 unspecified atom stereocenters. The lowest BCUT2D eigenvalue weighted by Crippen LogP contribution is -2.61. The monoisotopic (exact) mass is 282 g/mol. The van der Waals surface area contributed by atoms with E-state index in [1.54, 1.807) is 13.8 Å². The molecule has 20 heavy (non-hydrogen) atoms. The highest BCUT2D eigenvalue weighted by molar-refractivity contribution is 5.92. The fourth-order valence-electron chi connectivity index (χ4n) is 4.45. The van der Waals surface area contributed by atoms with Crippen molar-refractivity contribution in [3.63, 3.8) is 0 Å². The van der Waals surface area contributed by atoms with Crippen LogP contribution in [0, 0.1) is 11.3 Å². The molecule has 1 aliphatic heterocycles. The van der Waals surface area contributed by atoms with Gasteiger partial charge in [0.2, 0.25) is 5.79 Å². The maximum absolute atomic E-state index is 11.7. The predicted molar refractivity (Wildman–Crippen MR) is 70.4 cm³/mol. The molecule has 112 valence electrons. The summed E-state index contributed by atoms with van der Waals surface area (Å²) in [7, 11) is 0. The van der Waals surface area contributed by atoms with Crippen molar-refractivity contribution in [1.82, 2.24) is 0 Å². The third kappa shape index (κ3) is 1.63. The largest absolute Gasteiger partial charge is 0.426 e. The summed E-state index contributed by atoms with van der Waals surface area (Å²) in [6, 6.07) is 0. The Hall–Kier alpha value is -0.910. The van der Waals surface area contributed by atoms with Crippen LogP contribution in [0.4, 0.5) is 0 Å². The molecule has 1 heterocycles. The van der Waals surface area contributed by atoms with Crippen LogP contribution in [0.5, 0.6) is 0 Å². The second-order valence-corrected chi connectivity index (χ2v) is 7.13. The van der Waals surface area contributed by atoms with Gasteiger partial charge < -0.3 is 20.1 Å². The molecule has 0 aromatic carbocycles. The van der Waals surface area contributed by atoms with E-state index in [4.69, 9.17) is 4.74 Å². The molecular weight excluding hydrogens is 260 g/mol. The summed E-state index contributed by atoms with van der Waals surface area (Å²) < 4.78 is 5.15. The van der Waals surface area contributed by atoms with Gasteiger partial charge in [0.25, 0.3) is 0 Å². The number of hydrogen-bond donors (Lipinski definition) is 3. The van der Waals surface area contributed by atoms with Crippen molar-refractivity contribution in [2.24, 2.45) is 11.3 Å². The van der Waals surface area contributed by atoms with Gasteiger partial charge in [0, 0.05) is 23.0 Å². The van der Waals surface area contributed by atoms with Crippen LogP contribution in [0.3, 0.4) is 0 Å². The fourth-order valence-corrected chi connectivity index (χ4v) is 4.45. The van der Waals surface area contributed by atoms with Crippen LogP contribution in [-0.4, -0.2) is 38.8 Å². The van der Waals surface area contributed by atoms with E-state index in [9.17, 15) is 20.1 Å². The maximum Gasteiger partial charge on any atom is 0.336 e. The first-order valence-corrected chi connectivity index (χ1v) is 7.16. The van der Waals surface area contributed by atoms with Crippen LogP contribution < -0.4 is 0 Å². The molecule has 2 saturated carbocycles. The number of esters is 1. The van der Waals surface area contributed by atoms with E-state index in [0.29, 0.717) is 30.4 Å². The summed E-state index contributed by atoms with van der Waals surface area (Å²) in [6.07, 6.45) is 0.920. The van der Waals surface area contributed by atoms with Crippen molar-refractivity contribution in [1.29, 1.82) is 0 Å². The highest BCUT2D eigenvalue weighted by atomic mass is 16.7. The van der Waals surface area contributed by atoms with Crippen LogP contribution in [0.15, 0.2) is 11.1 Å². The zero-order valence-electron chi connectivity index (χ0n) is 12.1. The number of carbonyl (C=O) groups is 1. The van der Waals surface area contributed by atoms with Gasteiger partial charge in [-0.3, -0.25) is 0 Å². The van der Waals surface area contributed by atoms with Crippen molar-refractivity contribution in [3.05, 3.63) is 11.1 Å². The Morgan fingerprint density at radius 3 is 2.60 bits per heavy atom. The molecule has 5 nitrogen and oxygen atoms in total. The van der Waals surface area contributed by atoms with Crippen molar-refractivity contribution >= 4 is 5.97 Å². The minimum Gasteiger partial charge on any atom is -0.426 e. The minimum absolute atomic E-state index is 0.139. The van der Waals surface area contributed by atoms with E-state index in [1.165, 1.54) is 0 Å². The van der Waals surface area contributed by atoms with E-state index in [0.717, 1.165) is 0 Å². The van der Waals surface area contributed by atoms with Gasteiger partial charge >= 0.3 is 5.97 Å². The zero-order valence-corrected chi connectivity index (χ0v) is 12.1. The molecule has 3 N–H and O–H groups in total. The minimum atomic E-state index is -1.61. The highest BCUT2D eigenvalue weighted by Crippen LogP contribution is 2.59. The number of rotatable bonds is 0. The molecule has 3 rings (SSSR count). The van der Waals surface area contributed by atoms with E-state index >= 15 is 0 Å². The third-order valence-corrected chi connectivity index (χ3v) is 5.75. The van der Waals surface area contributed by atoms with Gasteiger partial charge in [-0.2, -0.15) is 0 Å². The molecule has 0 amide bonds. The maximum atomic E-state index is 11.7. The molecule has 5 heteroatoms. The SMILES string of the molecule is CC1=C2C[C@H]3[C@](C)(C[C@@]2(O)OC1=O)[C@@H](O)CC[C@]3(C)O. The molecule has 0 radical (unpaired) electrons. The molecule has 0 spiro atoms. The Bertz CT molecular complexity index is 508. The number of ether oxygens (including phenoxy) is 1. The summed E-state index contributed by atoms with van der Waals surface area (Å²) in [4.78, 5) is 11.7. The summed E-state index contributed by atoms with van der Waals surface area (Å²) in [5.41, 5.74) is -0.566. The van der Waals surface area contributed by atoms with Crippen LogP contribution in [-0.2, 0) is 9.53 Å². The number of carbonyl (C=O) groups excluding carboxylic acids is 1. The molecule has 3 aliphatic rings. The Morgan fingerprint density at radius 2 is 1.95 bits per heavy atom. The van der Waals surface area contributed by atoms with Gasteiger partial charge in [0.15, 0.2) is 0 Å². The number of fused-ring (bicyclic) bond motifs is 2. The van der Waals surface area contributed by atoms with Crippen LogP contribution in [0.1, 0.15) is 46.5 Å². The van der Waals surface area contributed by atoms with Gasteiger partial charge in [-0.15, -0.1) is 0 Å². The Kier molecular flexibility index (Phi) is 2.70. The summed E-state index contributed by atoms with van der Waals surface area (Å²) >= 11 is 0. The van der Waals surface area contributed by atoms with Gasteiger partial charge in [-0.25, -0.2) is 4.79 Å². The van der Waals surface area contributed by atoms with Gasteiger partial charge in [0.05, 0.1) is 11.7 Å². The fraction of sp³-hybridized carbons (Fsp3) is 0.800. The summed E-state index contributed by atoms with van der Waals surface area (Å²) in [6.45, 7) is 5.29. The third-order valence-electron chi connectivity index (χ3n) is 5.75. The quantitative estimate of drug-likeness (QED) is 0.574. The van der Waals surface area contributed by atoms with E-state index in [2.05, 4.69) is 0 Å². The molecule has 0 aromatic rings. The molecule has 5 atom stereocenters. The number of aliphatic hydroxyl groups is 3. The van der Waals surface area contributed by atoms with Crippen LogP contribution in [0.25, 0.3) is 0 Å². The summed E-state index contributed by atoms with van der Waals surface area (Å²) in [5, 5.41) is 31.7. The van der Waals surface area contributed by atoms with Crippen molar-refractivity contribution in [3.8, 4) is 0 Å². The first kappa shape index (κ1) is 14.0. The zero-order chi connectivity index (χ0) is 14.9. The number of aliphatic hydroxyl groups excluding tert-OH is 1. The van der Waals surface area contributed by atoms with Crippen LogP contribution in [0.2, 0.25) is 0 Å². The molecule has 0 aromatic heterocycles. The second-order valence-electron chi connectivity index (χ2n) is 7.13. The number of hydrogen-bond acceptors (Lipinski definition) is 5. The van der Waals surface area contributed by atoms with E-state index in [-0.39, 0.29) is 12.3 Å². The lowest BCUT2D eigenvalue weighted by Gasteiger charge is -2.57. The average Bonchev–Trinajstić information content (AvgIpc) is 2.53. The van der Waals surface area contributed by atoms with Crippen molar-refractivity contribution in [2.75, 3.05) is 0 Å². The topological polar surface area (TPSA) is 87.0 Å². The van der Waals surface area contributed by atoms with E-state index in [1.807, 2.05) is 6.92 Å². The standard InChI is InChI=1S/C15H22O5/c1-8-9-6-10-13(2,7-15(9,19)20-12(8)17)11(16)4-5-14(10,3)18/h10-11,16,18-19H,4-7H2,1-3H3/t10-,11-,13-,14-,15+/m0/s1. The normalized spacial score (nSPS) is 51.6. The Morgan fingerprint density at radius 1 is 1.30 bits per heavy atom. The Balaban J connectivity index is 2.08. The average molecular weight is 282 g/mol. The van der Waals surface area contributed by atoms with Gasteiger partial charge in [-0.05, 0) is 39.0 Å². The first-order valence-electron chi connectivity index (χ1n) is 7.16. The first-order chi connectivity index (χ1) is 9.10.